The maximum absolute atomic E-state index is 13.5. The smallest absolute Gasteiger partial charge is 0.242 e. The molecule has 2 aliphatic heterocycles. The number of methoxy groups -OCH3 is 1. The highest BCUT2D eigenvalue weighted by Gasteiger charge is 2.28. The highest BCUT2D eigenvalue weighted by atomic mass is 35.5. The second-order valence-electron chi connectivity index (χ2n) is 6.14. The number of hydrogen-bond acceptors (Lipinski definition) is 5. The lowest BCUT2D eigenvalue weighted by molar-refractivity contribution is -0.138. The molecule has 0 aliphatic carbocycles. The Bertz CT molecular complexity index is 580. The van der Waals surface area contributed by atoms with Crippen molar-refractivity contribution in [1.29, 1.82) is 0 Å². The van der Waals surface area contributed by atoms with Crippen molar-refractivity contribution in [3.8, 4) is 5.75 Å². The number of piperazine rings is 1. The molecule has 1 N–H and O–H groups in total. The highest BCUT2D eigenvalue weighted by Crippen LogP contribution is 2.21. The average Bonchev–Trinajstić information content (AvgIpc) is 2.63. The number of amides is 1. The standard InChI is InChI=1S/C17H24FN3O3.2ClH/c1-23-16-3-2-14(18)10-13(16)11-20-5-7-21(8-6-20)17(22)15-12-24-9-4-19-15;;/h2-3,10,15,19H,4-9,11-12H2,1H3;2*1H. The molecular weight excluding hydrogens is 384 g/mol. The van der Waals surface area contributed by atoms with E-state index in [1.54, 1.807) is 13.2 Å². The molecule has 0 aromatic heterocycles. The van der Waals surface area contributed by atoms with Crippen LogP contribution < -0.4 is 10.1 Å². The minimum absolute atomic E-state index is 0. The molecule has 148 valence electrons. The molecule has 2 heterocycles. The molecule has 0 radical (unpaired) electrons. The summed E-state index contributed by atoms with van der Waals surface area (Å²) in [6.45, 7) is 5.32. The third kappa shape index (κ3) is 5.69. The summed E-state index contributed by atoms with van der Waals surface area (Å²) in [5.41, 5.74) is 0.833. The van der Waals surface area contributed by atoms with Crippen LogP contribution >= 0.6 is 24.8 Å². The Morgan fingerprint density at radius 2 is 2.04 bits per heavy atom. The van der Waals surface area contributed by atoms with E-state index in [9.17, 15) is 9.18 Å². The minimum Gasteiger partial charge on any atom is -0.496 e. The summed E-state index contributed by atoms with van der Waals surface area (Å²) in [5.74, 6) is 0.541. The summed E-state index contributed by atoms with van der Waals surface area (Å²) in [7, 11) is 1.59. The summed E-state index contributed by atoms with van der Waals surface area (Å²) in [6.07, 6.45) is 0. The van der Waals surface area contributed by atoms with Gasteiger partial charge in [0.1, 0.15) is 17.6 Å². The zero-order valence-corrected chi connectivity index (χ0v) is 16.4. The average molecular weight is 410 g/mol. The van der Waals surface area contributed by atoms with Crippen LogP contribution in [-0.2, 0) is 16.1 Å². The van der Waals surface area contributed by atoms with Crippen LogP contribution in [0.1, 0.15) is 5.56 Å². The molecule has 1 aromatic carbocycles. The van der Waals surface area contributed by atoms with Crippen LogP contribution in [0.5, 0.6) is 5.75 Å². The number of carbonyl (C=O) groups excluding carboxylic acids is 1. The van der Waals surface area contributed by atoms with Gasteiger partial charge in [-0.15, -0.1) is 24.8 Å². The van der Waals surface area contributed by atoms with E-state index in [0.29, 0.717) is 38.6 Å². The van der Waals surface area contributed by atoms with Crippen LogP contribution in [0.25, 0.3) is 0 Å². The van der Waals surface area contributed by atoms with Crippen LogP contribution in [0.15, 0.2) is 18.2 Å². The second kappa shape index (κ2) is 10.9. The summed E-state index contributed by atoms with van der Waals surface area (Å²) in [5, 5.41) is 3.20. The first-order valence-corrected chi connectivity index (χ1v) is 8.32. The number of nitrogens with one attached hydrogen (secondary N) is 1. The number of hydrogen-bond donors (Lipinski definition) is 1. The molecule has 0 saturated carbocycles. The van der Waals surface area contributed by atoms with Gasteiger partial charge in [0, 0.05) is 44.8 Å². The Morgan fingerprint density at radius 3 is 2.65 bits per heavy atom. The summed E-state index contributed by atoms with van der Waals surface area (Å²) < 4.78 is 24.1. The molecule has 9 heteroatoms. The van der Waals surface area contributed by atoms with Gasteiger partial charge in [0.15, 0.2) is 0 Å². The van der Waals surface area contributed by atoms with Crippen molar-refractivity contribution in [1.82, 2.24) is 15.1 Å². The Hall–Kier alpha value is -1.12. The van der Waals surface area contributed by atoms with Crippen LogP contribution in [0.3, 0.4) is 0 Å². The summed E-state index contributed by atoms with van der Waals surface area (Å²) >= 11 is 0. The maximum Gasteiger partial charge on any atom is 0.242 e. The van der Waals surface area contributed by atoms with Crippen LogP contribution in [0.4, 0.5) is 4.39 Å². The van der Waals surface area contributed by atoms with E-state index in [2.05, 4.69) is 10.2 Å². The van der Waals surface area contributed by atoms with E-state index < -0.39 is 0 Å². The molecule has 3 rings (SSSR count). The fourth-order valence-corrected chi connectivity index (χ4v) is 3.18. The molecule has 1 amide bonds. The van der Waals surface area contributed by atoms with Crippen molar-refractivity contribution in [2.75, 3.05) is 53.0 Å². The SMILES string of the molecule is COc1ccc(F)cc1CN1CCN(C(=O)C2COCCN2)CC1.Cl.Cl. The Kier molecular flexibility index (Phi) is 9.60. The van der Waals surface area contributed by atoms with Crippen molar-refractivity contribution in [3.05, 3.63) is 29.6 Å². The van der Waals surface area contributed by atoms with Crippen molar-refractivity contribution in [3.63, 3.8) is 0 Å². The van der Waals surface area contributed by atoms with Gasteiger partial charge in [0.25, 0.3) is 0 Å². The van der Waals surface area contributed by atoms with Crippen molar-refractivity contribution in [2.24, 2.45) is 0 Å². The minimum atomic E-state index is -0.261. The first kappa shape index (κ1) is 22.9. The molecule has 0 bridgehead atoms. The fourth-order valence-electron chi connectivity index (χ4n) is 3.18. The molecular formula is C17H26Cl2FN3O3. The predicted molar refractivity (Wildman–Crippen MR) is 102 cm³/mol. The molecule has 1 unspecified atom stereocenters. The predicted octanol–water partition coefficient (Wildman–Crippen LogP) is 1.31. The molecule has 0 spiro atoms. The molecule has 2 saturated heterocycles. The van der Waals surface area contributed by atoms with Crippen LogP contribution in [0, 0.1) is 5.82 Å². The van der Waals surface area contributed by atoms with Gasteiger partial charge in [-0.25, -0.2) is 4.39 Å². The first-order chi connectivity index (χ1) is 11.7. The van der Waals surface area contributed by atoms with Gasteiger partial charge in [-0.1, -0.05) is 0 Å². The summed E-state index contributed by atoms with van der Waals surface area (Å²) in [4.78, 5) is 16.6. The number of ether oxygens (including phenoxy) is 2. The van der Waals surface area contributed by atoms with E-state index in [4.69, 9.17) is 9.47 Å². The quantitative estimate of drug-likeness (QED) is 0.812. The van der Waals surface area contributed by atoms with E-state index in [1.807, 2.05) is 4.90 Å². The van der Waals surface area contributed by atoms with E-state index >= 15 is 0 Å². The van der Waals surface area contributed by atoms with Crippen LogP contribution in [-0.4, -0.2) is 74.8 Å². The first-order valence-electron chi connectivity index (χ1n) is 8.32. The lowest BCUT2D eigenvalue weighted by Gasteiger charge is -2.37. The number of rotatable bonds is 4. The van der Waals surface area contributed by atoms with E-state index in [-0.39, 0.29) is 42.6 Å². The zero-order chi connectivity index (χ0) is 16.9. The number of halogens is 3. The van der Waals surface area contributed by atoms with Crippen molar-refractivity contribution in [2.45, 2.75) is 12.6 Å². The third-order valence-corrected chi connectivity index (χ3v) is 4.54. The molecule has 1 aromatic rings. The maximum atomic E-state index is 13.5. The molecule has 2 aliphatic rings. The number of nitrogens with zero attached hydrogens (tertiary/aromatic N) is 2. The van der Waals surface area contributed by atoms with E-state index in [0.717, 1.165) is 25.2 Å². The Labute approximate surface area is 165 Å². The van der Waals surface area contributed by atoms with Gasteiger partial charge >= 0.3 is 0 Å². The highest BCUT2D eigenvalue weighted by molar-refractivity contribution is 5.85. The molecule has 26 heavy (non-hydrogen) atoms. The van der Waals surface area contributed by atoms with Gasteiger partial charge in [-0.2, -0.15) is 0 Å². The molecule has 6 nitrogen and oxygen atoms in total. The van der Waals surface area contributed by atoms with Crippen molar-refractivity contribution < 1.29 is 18.7 Å². The van der Waals surface area contributed by atoms with Crippen molar-refractivity contribution >= 4 is 30.7 Å². The monoisotopic (exact) mass is 409 g/mol. The Balaban J connectivity index is 0.00000169. The van der Waals surface area contributed by atoms with Gasteiger partial charge in [-0.05, 0) is 18.2 Å². The Morgan fingerprint density at radius 1 is 1.31 bits per heavy atom. The van der Waals surface area contributed by atoms with Gasteiger partial charge in [0.2, 0.25) is 5.91 Å². The third-order valence-electron chi connectivity index (χ3n) is 4.54. The zero-order valence-electron chi connectivity index (χ0n) is 14.8. The van der Waals surface area contributed by atoms with E-state index in [1.165, 1.54) is 12.1 Å². The number of benzene rings is 1. The van der Waals surface area contributed by atoms with Gasteiger partial charge < -0.3 is 19.7 Å². The fraction of sp³-hybridized carbons (Fsp3) is 0.588. The lowest BCUT2D eigenvalue weighted by atomic mass is 10.1. The molecule has 2 fully saturated rings. The van der Waals surface area contributed by atoms with Gasteiger partial charge in [0.05, 0.1) is 20.3 Å². The number of carbonyl (C=O) groups is 1. The number of morpholine rings is 1. The largest absolute Gasteiger partial charge is 0.496 e. The van der Waals surface area contributed by atoms with Gasteiger partial charge in [-0.3, -0.25) is 9.69 Å². The summed E-state index contributed by atoms with van der Waals surface area (Å²) in [6, 6.07) is 4.34. The van der Waals surface area contributed by atoms with Crippen LogP contribution in [0.2, 0.25) is 0 Å². The molecule has 1 atom stereocenters. The second-order valence-corrected chi connectivity index (χ2v) is 6.14. The topological polar surface area (TPSA) is 54.0 Å². The lowest BCUT2D eigenvalue weighted by Crippen LogP contribution is -2.57. The normalized spacial score (nSPS) is 20.7.